The first-order valence-electron chi connectivity index (χ1n) is 5.65. The van der Waals surface area contributed by atoms with Crippen molar-refractivity contribution < 1.29 is 4.79 Å². The number of piperidine rings is 1. The van der Waals surface area contributed by atoms with Crippen LogP contribution in [0.2, 0.25) is 0 Å². The lowest BCUT2D eigenvalue weighted by Gasteiger charge is -2.33. The van der Waals surface area contributed by atoms with Crippen molar-refractivity contribution in [3.05, 3.63) is 35.9 Å². The Morgan fingerprint density at radius 3 is 2.67 bits per heavy atom. The molecule has 0 aromatic heterocycles. The van der Waals surface area contributed by atoms with Crippen LogP contribution in [0.25, 0.3) is 0 Å². The van der Waals surface area contributed by atoms with Crippen molar-refractivity contribution in [2.45, 2.75) is 32.2 Å². The molecule has 1 aromatic rings. The number of rotatable bonds is 1. The van der Waals surface area contributed by atoms with E-state index in [1.165, 1.54) is 6.42 Å². The zero-order chi connectivity index (χ0) is 10.7. The van der Waals surface area contributed by atoms with Crippen LogP contribution in [0, 0.1) is 0 Å². The number of carbonyl (C=O) groups excluding carboxylic acids is 1. The first-order valence-corrected chi connectivity index (χ1v) is 5.65. The van der Waals surface area contributed by atoms with Gasteiger partial charge in [-0.05, 0) is 38.3 Å². The van der Waals surface area contributed by atoms with Gasteiger partial charge in [-0.25, -0.2) is 0 Å². The lowest BCUT2D eigenvalue weighted by Crippen LogP contribution is -2.41. The summed E-state index contributed by atoms with van der Waals surface area (Å²) in [6.45, 7) is 3.05. The number of likely N-dealkylation sites (tertiary alicyclic amines) is 1. The number of hydrogen-bond donors (Lipinski definition) is 0. The fraction of sp³-hybridized carbons (Fsp3) is 0.462. The summed E-state index contributed by atoms with van der Waals surface area (Å²) in [5.74, 6) is 0.183. The molecule has 1 heterocycles. The zero-order valence-corrected chi connectivity index (χ0v) is 9.15. The van der Waals surface area contributed by atoms with E-state index >= 15 is 0 Å². The van der Waals surface area contributed by atoms with Crippen LogP contribution in [0.1, 0.15) is 36.5 Å². The Kier molecular flexibility index (Phi) is 3.05. The molecule has 0 spiro atoms. The first-order chi connectivity index (χ1) is 7.29. The summed E-state index contributed by atoms with van der Waals surface area (Å²) in [7, 11) is 0. The van der Waals surface area contributed by atoms with Gasteiger partial charge in [-0.1, -0.05) is 18.2 Å². The van der Waals surface area contributed by atoms with E-state index in [1.54, 1.807) is 0 Å². The molecule has 0 saturated carbocycles. The van der Waals surface area contributed by atoms with Crippen molar-refractivity contribution in [3.8, 4) is 0 Å². The van der Waals surface area contributed by atoms with Gasteiger partial charge in [0.15, 0.2) is 0 Å². The van der Waals surface area contributed by atoms with Crippen molar-refractivity contribution in [1.82, 2.24) is 4.90 Å². The summed E-state index contributed by atoms with van der Waals surface area (Å²) < 4.78 is 0. The Bertz CT molecular complexity index is 334. The van der Waals surface area contributed by atoms with Crippen molar-refractivity contribution in [3.63, 3.8) is 0 Å². The molecule has 80 valence electrons. The maximum absolute atomic E-state index is 12.1. The molecule has 1 unspecified atom stereocenters. The number of benzene rings is 1. The van der Waals surface area contributed by atoms with Crippen LogP contribution >= 0.6 is 0 Å². The molecule has 1 amide bonds. The number of amides is 1. The normalized spacial score (nSPS) is 21.4. The molecule has 0 N–H and O–H groups in total. The second-order valence-electron chi connectivity index (χ2n) is 4.21. The maximum Gasteiger partial charge on any atom is 0.254 e. The second-order valence-corrected chi connectivity index (χ2v) is 4.21. The van der Waals surface area contributed by atoms with Gasteiger partial charge in [0.05, 0.1) is 0 Å². The van der Waals surface area contributed by atoms with E-state index in [0.29, 0.717) is 6.04 Å². The molecule has 0 aliphatic carbocycles. The monoisotopic (exact) mass is 203 g/mol. The molecule has 2 heteroatoms. The fourth-order valence-electron chi connectivity index (χ4n) is 2.15. The SMILES string of the molecule is CC1CCCCN1C(=O)c1ccccc1. The van der Waals surface area contributed by atoms with Gasteiger partial charge in [-0.15, -0.1) is 0 Å². The summed E-state index contributed by atoms with van der Waals surface area (Å²) in [5.41, 5.74) is 0.811. The largest absolute Gasteiger partial charge is 0.336 e. The fourth-order valence-corrected chi connectivity index (χ4v) is 2.15. The summed E-state index contributed by atoms with van der Waals surface area (Å²) in [6.07, 6.45) is 3.53. The molecule has 1 fully saturated rings. The molecular weight excluding hydrogens is 186 g/mol. The lowest BCUT2D eigenvalue weighted by atomic mass is 10.0. The second kappa shape index (κ2) is 4.47. The van der Waals surface area contributed by atoms with Crippen molar-refractivity contribution >= 4 is 5.91 Å². The molecule has 1 saturated heterocycles. The third kappa shape index (κ3) is 2.20. The maximum atomic E-state index is 12.1. The third-order valence-electron chi connectivity index (χ3n) is 3.08. The van der Waals surface area contributed by atoms with Gasteiger partial charge in [0.25, 0.3) is 5.91 Å². The highest BCUT2D eigenvalue weighted by molar-refractivity contribution is 5.94. The Morgan fingerprint density at radius 1 is 1.27 bits per heavy atom. The predicted octanol–water partition coefficient (Wildman–Crippen LogP) is 2.70. The van der Waals surface area contributed by atoms with Gasteiger partial charge >= 0.3 is 0 Å². The number of carbonyl (C=O) groups is 1. The van der Waals surface area contributed by atoms with E-state index < -0.39 is 0 Å². The summed E-state index contributed by atoms with van der Waals surface area (Å²) in [6, 6.07) is 9.96. The van der Waals surface area contributed by atoms with E-state index in [9.17, 15) is 4.79 Å². The van der Waals surface area contributed by atoms with Gasteiger partial charge in [0, 0.05) is 18.2 Å². The van der Waals surface area contributed by atoms with E-state index in [2.05, 4.69) is 6.92 Å². The van der Waals surface area contributed by atoms with Crippen LogP contribution in [-0.2, 0) is 0 Å². The molecule has 1 aliphatic heterocycles. The van der Waals surface area contributed by atoms with Gasteiger partial charge in [0.2, 0.25) is 0 Å². The van der Waals surface area contributed by atoms with Crippen molar-refractivity contribution in [2.24, 2.45) is 0 Å². The van der Waals surface area contributed by atoms with E-state index in [4.69, 9.17) is 0 Å². The van der Waals surface area contributed by atoms with Gasteiger partial charge in [-0.2, -0.15) is 0 Å². The van der Waals surface area contributed by atoms with Crippen LogP contribution in [0.3, 0.4) is 0 Å². The van der Waals surface area contributed by atoms with Crippen LogP contribution in [-0.4, -0.2) is 23.4 Å². The highest BCUT2D eigenvalue weighted by atomic mass is 16.2. The minimum atomic E-state index is 0.183. The Balaban J connectivity index is 2.13. The van der Waals surface area contributed by atoms with Gasteiger partial charge in [-0.3, -0.25) is 4.79 Å². The standard InChI is InChI=1S/C13H17NO/c1-11-7-5-6-10-14(11)13(15)12-8-3-2-4-9-12/h2-4,8-9,11H,5-7,10H2,1H3. The van der Waals surface area contributed by atoms with Crippen molar-refractivity contribution in [1.29, 1.82) is 0 Å². The molecule has 1 aliphatic rings. The molecule has 15 heavy (non-hydrogen) atoms. The number of nitrogens with zero attached hydrogens (tertiary/aromatic N) is 1. The highest BCUT2D eigenvalue weighted by Crippen LogP contribution is 2.18. The van der Waals surface area contributed by atoms with Crippen LogP contribution in [0.15, 0.2) is 30.3 Å². The Morgan fingerprint density at radius 2 is 2.00 bits per heavy atom. The predicted molar refractivity (Wildman–Crippen MR) is 60.8 cm³/mol. The molecule has 1 aromatic carbocycles. The lowest BCUT2D eigenvalue weighted by molar-refractivity contribution is 0.0635. The summed E-state index contributed by atoms with van der Waals surface area (Å²) >= 11 is 0. The first kappa shape index (κ1) is 10.2. The average Bonchev–Trinajstić information content (AvgIpc) is 2.30. The van der Waals surface area contributed by atoms with Crippen LogP contribution in [0.4, 0.5) is 0 Å². The molecule has 2 rings (SSSR count). The average molecular weight is 203 g/mol. The molecule has 2 nitrogen and oxygen atoms in total. The minimum Gasteiger partial charge on any atom is -0.336 e. The smallest absolute Gasteiger partial charge is 0.254 e. The highest BCUT2D eigenvalue weighted by Gasteiger charge is 2.23. The molecule has 1 atom stereocenters. The molecule has 0 radical (unpaired) electrons. The molecular formula is C13H17NO. The number of hydrogen-bond acceptors (Lipinski definition) is 1. The zero-order valence-electron chi connectivity index (χ0n) is 9.15. The van der Waals surface area contributed by atoms with E-state index in [1.807, 2.05) is 35.2 Å². The van der Waals surface area contributed by atoms with Crippen molar-refractivity contribution in [2.75, 3.05) is 6.54 Å². The van der Waals surface area contributed by atoms with Crippen LogP contribution in [0.5, 0.6) is 0 Å². The third-order valence-corrected chi connectivity index (χ3v) is 3.08. The van der Waals surface area contributed by atoms with E-state index in [0.717, 1.165) is 24.9 Å². The van der Waals surface area contributed by atoms with Crippen LogP contribution < -0.4 is 0 Å². The Labute approximate surface area is 90.9 Å². The van der Waals surface area contributed by atoms with Gasteiger partial charge in [0.1, 0.15) is 0 Å². The summed E-state index contributed by atoms with van der Waals surface area (Å²) in [4.78, 5) is 14.1. The topological polar surface area (TPSA) is 20.3 Å². The molecule has 0 bridgehead atoms. The summed E-state index contributed by atoms with van der Waals surface area (Å²) in [5, 5.41) is 0. The van der Waals surface area contributed by atoms with Gasteiger partial charge < -0.3 is 4.90 Å². The van der Waals surface area contributed by atoms with E-state index in [-0.39, 0.29) is 5.91 Å². The Hall–Kier alpha value is -1.31. The quantitative estimate of drug-likeness (QED) is 0.687. The minimum absolute atomic E-state index is 0.183.